The summed E-state index contributed by atoms with van der Waals surface area (Å²) in [7, 11) is 0. The Morgan fingerprint density at radius 2 is 1.64 bits per heavy atom. The van der Waals surface area contributed by atoms with Crippen molar-refractivity contribution in [2.45, 2.75) is 46.5 Å². The van der Waals surface area contributed by atoms with Crippen LogP contribution in [0.15, 0.2) is 0 Å². The van der Waals surface area contributed by atoms with Gasteiger partial charge in [0.2, 0.25) is 0 Å². The summed E-state index contributed by atoms with van der Waals surface area (Å²) in [5.41, 5.74) is 0.869. The van der Waals surface area contributed by atoms with Gasteiger partial charge < -0.3 is 0 Å². The van der Waals surface area contributed by atoms with Gasteiger partial charge in [0.1, 0.15) is 0 Å². The van der Waals surface area contributed by atoms with Crippen molar-refractivity contribution in [1.29, 1.82) is 0 Å². The molecule has 0 amide bonds. The van der Waals surface area contributed by atoms with Crippen LogP contribution in [0.2, 0.25) is 0 Å². The topological polar surface area (TPSA) is 0 Å². The Kier molecular flexibility index (Phi) is 1.56. The molecular weight excluding hydrogens is 132 g/mol. The van der Waals surface area contributed by atoms with Crippen molar-refractivity contribution < 1.29 is 0 Å². The predicted molar refractivity (Wildman–Crippen MR) is 48.4 cm³/mol. The van der Waals surface area contributed by atoms with Gasteiger partial charge >= 0.3 is 0 Å². The largest absolute Gasteiger partial charge is 0.0625 e. The lowest BCUT2D eigenvalue weighted by Crippen LogP contribution is -2.48. The highest BCUT2D eigenvalue weighted by atomic mass is 14.6. The molecule has 0 heteroatoms. The second-order valence-corrected chi connectivity index (χ2v) is 5.43. The van der Waals surface area contributed by atoms with Crippen molar-refractivity contribution in [2.75, 3.05) is 0 Å². The molecule has 2 saturated carbocycles. The molecule has 2 aliphatic rings. The third kappa shape index (κ3) is 1.11. The van der Waals surface area contributed by atoms with Crippen LogP contribution >= 0.6 is 0 Å². The third-order valence-electron chi connectivity index (χ3n) is 3.90. The van der Waals surface area contributed by atoms with Crippen LogP contribution in [-0.4, -0.2) is 0 Å². The molecule has 2 rings (SSSR count). The van der Waals surface area contributed by atoms with Crippen LogP contribution in [0.25, 0.3) is 0 Å². The van der Waals surface area contributed by atoms with E-state index in [0.717, 1.165) is 23.2 Å². The highest BCUT2D eigenvalue weighted by Gasteiger charge is 2.51. The lowest BCUT2D eigenvalue weighted by Gasteiger charge is -2.58. The van der Waals surface area contributed by atoms with E-state index in [1.807, 2.05) is 0 Å². The molecular formula is C11H20. The first-order chi connectivity index (χ1) is 5.11. The Hall–Kier alpha value is 0. The van der Waals surface area contributed by atoms with Crippen LogP contribution in [0.4, 0.5) is 0 Å². The highest BCUT2D eigenvalue weighted by Crippen LogP contribution is 2.62. The minimum Gasteiger partial charge on any atom is -0.0625 e. The Morgan fingerprint density at radius 3 is 2.00 bits per heavy atom. The molecule has 0 N–H and O–H groups in total. The molecule has 0 bridgehead atoms. The summed E-state index contributed by atoms with van der Waals surface area (Å²) in [6, 6.07) is 0. The maximum atomic E-state index is 2.40. The number of hydrogen-bond acceptors (Lipinski definition) is 0. The molecule has 0 unspecified atom stereocenters. The Labute approximate surface area is 70.4 Å². The normalized spacial score (nSPS) is 49.1. The standard InChI is InChI=1S/C11H20/c1-8(2)10-6-11(7-10)4-9(3)5-11/h8-10H,4-7H2,1-3H3. The van der Waals surface area contributed by atoms with E-state index in [4.69, 9.17) is 0 Å². The van der Waals surface area contributed by atoms with Crippen LogP contribution in [0.3, 0.4) is 0 Å². The van der Waals surface area contributed by atoms with Crippen LogP contribution in [0, 0.1) is 23.2 Å². The molecule has 0 aliphatic heterocycles. The van der Waals surface area contributed by atoms with E-state index < -0.39 is 0 Å². The van der Waals surface area contributed by atoms with E-state index in [-0.39, 0.29) is 0 Å². The van der Waals surface area contributed by atoms with Gasteiger partial charge in [-0.15, -0.1) is 0 Å². The second kappa shape index (κ2) is 2.24. The molecule has 64 valence electrons. The summed E-state index contributed by atoms with van der Waals surface area (Å²) in [5.74, 6) is 3.06. The SMILES string of the molecule is CC1CC2(C1)CC(C(C)C)C2. The van der Waals surface area contributed by atoms with E-state index in [2.05, 4.69) is 20.8 Å². The average molecular weight is 152 g/mol. The second-order valence-electron chi connectivity index (χ2n) is 5.43. The zero-order chi connectivity index (χ0) is 8.06. The van der Waals surface area contributed by atoms with Gasteiger partial charge in [0.05, 0.1) is 0 Å². The molecule has 2 fully saturated rings. The molecule has 0 aromatic rings. The fourth-order valence-corrected chi connectivity index (χ4v) is 3.28. The first-order valence-electron chi connectivity index (χ1n) is 5.11. The predicted octanol–water partition coefficient (Wildman–Crippen LogP) is 3.47. The first-order valence-corrected chi connectivity index (χ1v) is 5.11. The molecule has 2 aliphatic carbocycles. The van der Waals surface area contributed by atoms with Crippen LogP contribution < -0.4 is 0 Å². The van der Waals surface area contributed by atoms with E-state index in [9.17, 15) is 0 Å². The van der Waals surface area contributed by atoms with Crippen molar-refractivity contribution in [3.05, 3.63) is 0 Å². The molecule has 0 atom stereocenters. The van der Waals surface area contributed by atoms with Gasteiger partial charge in [-0.1, -0.05) is 20.8 Å². The number of hydrogen-bond donors (Lipinski definition) is 0. The van der Waals surface area contributed by atoms with Gasteiger partial charge in [-0.05, 0) is 48.9 Å². The zero-order valence-corrected chi connectivity index (χ0v) is 8.06. The van der Waals surface area contributed by atoms with E-state index >= 15 is 0 Å². The van der Waals surface area contributed by atoms with Gasteiger partial charge in [0, 0.05) is 0 Å². The van der Waals surface area contributed by atoms with Crippen LogP contribution in [-0.2, 0) is 0 Å². The summed E-state index contributed by atoms with van der Waals surface area (Å²) < 4.78 is 0. The Balaban J connectivity index is 1.80. The monoisotopic (exact) mass is 152 g/mol. The quantitative estimate of drug-likeness (QED) is 0.539. The van der Waals surface area contributed by atoms with Gasteiger partial charge in [0.15, 0.2) is 0 Å². The van der Waals surface area contributed by atoms with E-state index in [1.54, 1.807) is 12.8 Å². The maximum Gasteiger partial charge on any atom is -0.0287 e. The van der Waals surface area contributed by atoms with Crippen molar-refractivity contribution >= 4 is 0 Å². The summed E-state index contributed by atoms with van der Waals surface area (Å²) in [4.78, 5) is 0. The Bertz CT molecular complexity index is 143. The zero-order valence-electron chi connectivity index (χ0n) is 8.06. The van der Waals surface area contributed by atoms with E-state index in [1.165, 1.54) is 12.8 Å². The molecule has 1 spiro atoms. The summed E-state index contributed by atoms with van der Waals surface area (Å²) in [6.07, 6.45) is 6.18. The number of rotatable bonds is 1. The molecule has 0 aromatic carbocycles. The van der Waals surface area contributed by atoms with Crippen molar-refractivity contribution in [2.24, 2.45) is 23.2 Å². The fourth-order valence-electron chi connectivity index (χ4n) is 3.28. The van der Waals surface area contributed by atoms with Crippen molar-refractivity contribution in [1.82, 2.24) is 0 Å². The molecule has 0 saturated heterocycles. The lowest BCUT2D eigenvalue weighted by atomic mass is 9.47. The van der Waals surface area contributed by atoms with E-state index in [0.29, 0.717) is 0 Å². The van der Waals surface area contributed by atoms with Crippen molar-refractivity contribution in [3.8, 4) is 0 Å². The third-order valence-corrected chi connectivity index (χ3v) is 3.90. The van der Waals surface area contributed by atoms with Crippen LogP contribution in [0.1, 0.15) is 46.5 Å². The molecule has 0 heterocycles. The highest BCUT2D eigenvalue weighted by molar-refractivity contribution is 5.02. The van der Waals surface area contributed by atoms with Crippen LogP contribution in [0.5, 0.6) is 0 Å². The van der Waals surface area contributed by atoms with Crippen molar-refractivity contribution in [3.63, 3.8) is 0 Å². The smallest absolute Gasteiger partial charge is 0.0287 e. The minimum atomic E-state index is 0.869. The summed E-state index contributed by atoms with van der Waals surface area (Å²) >= 11 is 0. The lowest BCUT2D eigenvalue weighted by molar-refractivity contribution is -0.0768. The maximum absolute atomic E-state index is 2.40. The van der Waals surface area contributed by atoms with Gasteiger partial charge in [-0.2, -0.15) is 0 Å². The average Bonchev–Trinajstić information content (AvgIpc) is 1.73. The first kappa shape index (κ1) is 7.64. The summed E-state index contributed by atoms with van der Waals surface area (Å²) in [6.45, 7) is 7.15. The van der Waals surface area contributed by atoms with Gasteiger partial charge in [-0.25, -0.2) is 0 Å². The Morgan fingerprint density at radius 1 is 1.09 bits per heavy atom. The molecule has 0 radical (unpaired) electrons. The minimum absolute atomic E-state index is 0.869. The molecule has 11 heavy (non-hydrogen) atoms. The van der Waals surface area contributed by atoms with Gasteiger partial charge in [0.25, 0.3) is 0 Å². The fraction of sp³-hybridized carbons (Fsp3) is 1.00. The molecule has 0 aromatic heterocycles. The summed E-state index contributed by atoms with van der Waals surface area (Å²) in [5, 5.41) is 0. The molecule has 0 nitrogen and oxygen atoms in total. The van der Waals surface area contributed by atoms with Gasteiger partial charge in [-0.3, -0.25) is 0 Å².